The number of hydrogen-bond donors (Lipinski definition) is 0. The average molecular weight is 341 g/mol. The number of nitrogens with zero attached hydrogens (tertiary/aromatic N) is 1. The average Bonchev–Trinajstić information content (AvgIpc) is 3.01. The summed E-state index contributed by atoms with van der Waals surface area (Å²) >= 11 is 1.47. The SMILES string of the molecule is O=C=C1CCc2ccc(OCc3nc4cc(F)ccc4s3)cc2O1. The van der Waals surface area contributed by atoms with Gasteiger partial charge < -0.3 is 9.47 Å². The summed E-state index contributed by atoms with van der Waals surface area (Å²) < 4.78 is 25.4. The molecule has 6 heteroatoms. The number of allylic oxidation sites excluding steroid dienone is 1. The van der Waals surface area contributed by atoms with E-state index in [1.807, 2.05) is 12.1 Å². The lowest BCUT2D eigenvalue weighted by atomic mass is 10.1. The zero-order chi connectivity index (χ0) is 16.5. The molecule has 0 saturated carbocycles. The van der Waals surface area contributed by atoms with E-state index in [9.17, 15) is 9.18 Å². The lowest BCUT2D eigenvalue weighted by Gasteiger charge is -2.18. The van der Waals surface area contributed by atoms with Crippen LogP contribution in [0.5, 0.6) is 11.5 Å². The van der Waals surface area contributed by atoms with Gasteiger partial charge in [-0.15, -0.1) is 11.3 Å². The Kier molecular flexibility index (Phi) is 3.76. The van der Waals surface area contributed by atoms with Gasteiger partial charge in [0.2, 0.25) is 0 Å². The van der Waals surface area contributed by atoms with Gasteiger partial charge in [-0.2, -0.15) is 0 Å². The van der Waals surface area contributed by atoms with Crippen LogP contribution in [0.3, 0.4) is 0 Å². The van der Waals surface area contributed by atoms with Gasteiger partial charge in [0.05, 0.1) is 10.2 Å². The Hall–Kier alpha value is -2.69. The zero-order valence-electron chi connectivity index (χ0n) is 12.5. The van der Waals surface area contributed by atoms with Crippen LogP contribution in [0.4, 0.5) is 4.39 Å². The monoisotopic (exact) mass is 341 g/mol. The van der Waals surface area contributed by atoms with E-state index >= 15 is 0 Å². The van der Waals surface area contributed by atoms with E-state index in [1.54, 1.807) is 18.1 Å². The number of aromatic nitrogens is 1. The number of thiazole rings is 1. The third-order valence-corrected chi connectivity index (χ3v) is 4.77. The number of ether oxygens (including phenoxy) is 2. The molecular formula is C18H12FNO3S. The van der Waals surface area contributed by atoms with Gasteiger partial charge in [-0.05, 0) is 30.2 Å². The molecule has 1 aliphatic rings. The topological polar surface area (TPSA) is 48.4 Å². The van der Waals surface area contributed by atoms with Crippen LogP contribution >= 0.6 is 11.3 Å². The fourth-order valence-electron chi connectivity index (χ4n) is 2.59. The summed E-state index contributed by atoms with van der Waals surface area (Å²) in [5.41, 5.74) is 1.67. The van der Waals surface area contributed by atoms with Gasteiger partial charge in [-0.3, -0.25) is 0 Å². The Labute approximate surface area is 141 Å². The summed E-state index contributed by atoms with van der Waals surface area (Å²) in [5.74, 6) is 3.08. The number of aryl methyl sites for hydroxylation is 1. The van der Waals surface area contributed by atoms with Gasteiger partial charge in [0.15, 0.2) is 11.7 Å². The molecule has 0 radical (unpaired) electrons. The summed E-state index contributed by atoms with van der Waals surface area (Å²) in [6.07, 6.45) is 1.32. The first-order valence-electron chi connectivity index (χ1n) is 7.44. The van der Waals surface area contributed by atoms with Gasteiger partial charge in [-0.25, -0.2) is 14.2 Å². The summed E-state index contributed by atoms with van der Waals surface area (Å²) in [6.45, 7) is 0.288. The highest BCUT2D eigenvalue weighted by Crippen LogP contribution is 2.32. The lowest BCUT2D eigenvalue weighted by Crippen LogP contribution is -2.07. The van der Waals surface area contributed by atoms with Crippen LogP contribution in [0.2, 0.25) is 0 Å². The summed E-state index contributed by atoms with van der Waals surface area (Å²) in [6, 6.07) is 10.1. The maximum Gasteiger partial charge on any atom is 0.187 e. The molecule has 120 valence electrons. The van der Waals surface area contributed by atoms with Crippen LogP contribution in [0.25, 0.3) is 10.2 Å². The van der Waals surface area contributed by atoms with Crippen molar-refractivity contribution in [3.05, 3.63) is 58.5 Å². The van der Waals surface area contributed by atoms with Crippen LogP contribution in [-0.2, 0) is 17.8 Å². The first-order chi connectivity index (χ1) is 11.7. The maximum absolute atomic E-state index is 13.2. The fourth-order valence-corrected chi connectivity index (χ4v) is 3.45. The molecule has 2 heterocycles. The van der Waals surface area contributed by atoms with Gasteiger partial charge in [0.25, 0.3) is 0 Å². The molecule has 0 unspecified atom stereocenters. The Morgan fingerprint density at radius 2 is 2.17 bits per heavy atom. The predicted octanol–water partition coefficient (Wildman–Crippen LogP) is 4.05. The Morgan fingerprint density at radius 1 is 1.25 bits per heavy atom. The molecule has 0 aliphatic carbocycles. The Bertz CT molecular complexity index is 976. The molecule has 0 fully saturated rings. The molecule has 0 amide bonds. The number of carbonyl (C=O) groups excluding carboxylic acids is 1. The van der Waals surface area contributed by atoms with Gasteiger partial charge in [-0.1, -0.05) is 6.07 Å². The molecule has 0 bridgehead atoms. The molecule has 4 rings (SSSR count). The van der Waals surface area contributed by atoms with E-state index in [2.05, 4.69) is 4.98 Å². The van der Waals surface area contributed by atoms with Crippen LogP contribution in [0, 0.1) is 5.82 Å². The normalized spacial score (nSPS) is 13.3. The van der Waals surface area contributed by atoms with Crippen molar-refractivity contribution >= 4 is 27.5 Å². The van der Waals surface area contributed by atoms with Gasteiger partial charge >= 0.3 is 0 Å². The van der Waals surface area contributed by atoms with Crippen molar-refractivity contribution in [3.63, 3.8) is 0 Å². The second kappa shape index (κ2) is 6.07. The van der Waals surface area contributed by atoms with E-state index in [0.29, 0.717) is 29.2 Å². The zero-order valence-corrected chi connectivity index (χ0v) is 13.4. The van der Waals surface area contributed by atoms with Crippen LogP contribution in [0.1, 0.15) is 17.0 Å². The molecule has 24 heavy (non-hydrogen) atoms. The highest BCUT2D eigenvalue weighted by Gasteiger charge is 2.16. The first-order valence-corrected chi connectivity index (χ1v) is 8.25. The summed E-state index contributed by atoms with van der Waals surface area (Å²) in [5, 5.41) is 0.766. The number of halogens is 1. The highest BCUT2D eigenvalue weighted by atomic mass is 32.1. The largest absolute Gasteiger partial charge is 0.486 e. The first kappa shape index (κ1) is 14.9. The van der Waals surface area contributed by atoms with Crippen molar-refractivity contribution in [1.82, 2.24) is 4.98 Å². The molecule has 0 saturated heterocycles. The highest BCUT2D eigenvalue weighted by molar-refractivity contribution is 7.18. The van der Waals surface area contributed by atoms with Crippen molar-refractivity contribution in [2.75, 3.05) is 0 Å². The Morgan fingerprint density at radius 3 is 3.04 bits per heavy atom. The van der Waals surface area contributed by atoms with E-state index in [-0.39, 0.29) is 12.4 Å². The minimum absolute atomic E-state index is 0.288. The second-order valence-corrected chi connectivity index (χ2v) is 6.52. The van der Waals surface area contributed by atoms with Crippen LogP contribution in [-0.4, -0.2) is 10.9 Å². The van der Waals surface area contributed by atoms with Gasteiger partial charge in [0, 0.05) is 18.6 Å². The third kappa shape index (κ3) is 2.89. The molecule has 3 aromatic rings. The molecule has 0 atom stereocenters. The predicted molar refractivity (Wildman–Crippen MR) is 88.5 cm³/mol. The van der Waals surface area contributed by atoms with Crippen molar-refractivity contribution in [3.8, 4) is 11.5 Å². The quantitative estimate of drug-likeness (QED) is 0.674. The van der Waals surface area contributed by atoms with Crippen molar-refractivity contribution in [2.45, 2.75) is 19.4 Å². The lowest BCUT2D eigenvalue weighted by molar-refractivity contribution is 0.302. The van der Waals surface area contributed by atoms with Crippen molar-refractivity contribution in [2.24, 2.45) is 0 Å². The number of benzene rings is 2. The molecule has 0 spiro atoms. The fraction of sp³-hybridized carbons (Fsp3) is 0.167. The molecule has 1 aromatic heterocycles. The standard InChI is InChI=1S/C18H12FNO3S/c19-12-3-6-17-15(7-12)20-18(24-17)10-22-13-4-1-11-2-5-14(9-21)23-16(11)8-13/h1,3-4,6-8H,2,5,10H2. The maximum atomic E-state index is 13.2. The van der Waals surface area contributed by atoms with Gasteiger partial charge in [0.1, 0.15) is 28.9 Å². The molecule has 1 aliphatic heterocycles. The van der Waals surface area contributed by atoms with Crippen LogP contribution in [0.15, 0.2) is 42.2 Å². The van der Waals surface area contributed by atoms with E-state index in [0.717, 1.165) is 21.7 Å². The molecule has 2 aromatic carbocycles. The smallest absolute Gasteiger partial charge is 0.187 e. The third-order valence-electron chi connectivity index (χ3n) is 3.76. The molecule has 4 nitrogen and oxygen atoms in total. The Balaban J connectivity index is 1.52. The number of rotatable bonds is 3. The molecular weight excluding hydrogens is 329 g/mol. The summed E-state index contributed by atoms with van der Waals surface area (Å²) in [4.78, 5) is 15.1. The van der Waals surface area contributed by atoms with E-state index < -0.39 is 0 Å². The number of hydrogen-bond acceptors (Lipinski definition) is 5. The second-order valence-electron chi connectivity index (χ2n) is 5.41. The van der Waals surface area contributed by atoms with Crippen LogP contribution < -0.4 is 9.47 Å². The van der Waals surface area contributed by atoms with Crippen molar-refractivity contribution in [1.29, 1.82) is 0 Å². The summed E-state index contributed by atoms with van der Waals surface area (Å²) in [7, 11) is 0. The number of fused-ring (bicyclic) bond motifs is 2. The van der Waals surface area contributed by atoms with E-state index in [1.165, 1.54) is 23.5 Å². The minimum Gasteiger partial charge on any atom is -0.486 e. The van der Waals surface area contributed by atoms with Crippen molar-refractivity contribution < 1.29 is 18.7 Å². The van der Waals surface area contributed by atoms with E-state index in [4.69, 9.17) is 9.47 Å². The molecule has 0 N–H and O–H groups in total. The minimum atomic E-state index is -0.300.